The molecule has 1 fully saturated rings. The van der Waals surface area contributed by atoms with Crippen molar-refractivity contribution in [2.24, 2.45) is 5.92 Å². The van der Waals surface area contributed by atoms with Gasteiger partial charge in [0, 0.05) is 6.61 Å². The normalized spacial score (nSPS) is 35.9. The largest absolute Gasteiger partial charge is 0.360 e. The molecule has 2 nitrogen and oxygen atoms in total. The molecule has 0 aromatic rings. The van der Waals surface area contributed by atoms with Gasteiger partial charge >= 0.3 is 0 Å². The van der Waals surface area contributed by atoms with Crippen LogP contribution >= 0.6 is 0 Å². The monoisotopic (exact) mass is 167 g/mol. The second-order valence-electron chi connectivity index (χ2n) is 3.74. The summed E-state index contributed by atoms with van der Waals surface area (Å²) in [7, 11) is 0. The SMILES string of the molecule is CCOC1(C#N)CCCC(C)C1. The van der Waals surface area contributed by atoms with Crippen LogP contribution in [0.5, 0.6) is 0 Å². The van der Waals surface area contributed by atoms with E-state index in [0.29, 0.717) is 12.5 Å². The lowest BCUT2D eigenvalue weighted by atomic mass is 9.79. The Labute approximate surface area is 74.5 Å². The second-order valence-corrected chi connectivity index (χ2v) is 3.74. The van der Waals surface area contributed by atoms with Gasteiger partial charge in [0.15, 0.2) is 5.60 Å². The summed E-state index contributed by atoms with van der Waals surface area (Å²) in [5.74, 6) is 0.643. The first-order valence-electron chi connectivity index (χ1n) is 4.77. The van der Waals surface area contributed by atoms with E-state index in [1.54, 1.807) is 0 Å². The number of hydrogen-bond donors (Lipinski definition) is 0. The maximum atomic E-state index is 9.02. The highest BCUT2D eigenvalue weighted by atomic mass is 16.5. The van der Waals surface area contributed by atoms with Gasteiger partial charge in [0.05, 0.1) is 6.07 Å². The quantitative estimate of drug-likeness (QED) is 0.633. The second kappa shape index (κ2) is 3.91. The fraction of sp³-hybridized carbons (Fsp3) is 0.900. The van der Waals surface area contributed by atoms with Gasteiger partial charge < -0.3 is 4.74 Å². The molecular weight excluding hydrogens is 150 g/mol. The molecule has 2 atom stereocenters. The van der Waals surface area contributed by atoms with E-state index in [1.165, 1.54) is 6.42 Å². The van der Waals surface area contributed by atoms with Crippen LogP contribution in [0.15, 0.2) is 0 Å². The predicted octanol–water partition coefficient (Wildman–Crippen LogP) is 2.50. The number of ether oxygens (including phenoxy) is 1. The molecule has 0 radical (unpaired) electrons. The first kappa shape index (κ1) is 9.54. The van der Waals surface area contributed by atoms with E-state index >= 15 is 0 Å². The Kier molecular flexibility index (Phi) is 3.11. The van der Waals surface area contributed by atoms with Gasteiger partial charge in [-0.25, -0.2) is 0 Å². The third kappa shape index (κ3) is 1.98. The Morgan fingerprint density at radius 2 is 2.42 bits per heavy atom. The van der Waals surface area contributed by atoms with Crippen molar-refractivity contribution in [1.29, 1.82) is 5.26 Å². The molecule has 0 N–H and O–H groups in total. The van der Waals surface area contributed by atoms with Gasteiger partial charge in [-0.05, 0) is 32.1 Å². The fourth-order valence-corrected chi connectivity index (χ4v) is 2.04. The van der Waals surface area contributed by atoms with Gasteiger partial charge in [-0.3, -0.25) is 0 Å². The minimum Gasteiger partial charge on any atom is -0.360 e. The van der Waals surface area contributed by atoms with Gasteiger partial charge in [-0.2, -0.15) is 5.26 Å². The van der Waals surface area contributed by atoms with Crippen LogP contribution in [0.2, 0.25) is 0 Å². The van der Waals surface area contributed by atoms with E-state index in [9.17, 15) is 0 Å². The minimum absolute atomic E-state index is 0.452. The summed E-state index contributed by atoms with van der Waals surface area (Å²) in [6, 6.07) is 2.33. The Balaban J connectivity index is 2.59. The zero-order valence-corrected chi connectivity index (χ0v) is 7.97. The zero-order chi connectivity index (χ0) is 9.03. The molecule has 2 heteroatoms. The molecule has 1 saturated carbocycles. The highest BCUT2D eigenvalue weighted by Gasteiger charge is 2.35. The van der Waals surface area contributed by atoms with Crippen molar-refractivity contribution in [3.05, 3.63) is 0 Å². The van der Waals surface area contributed by atoms with Crippen LogP contribution in [0.25, 0.3) is 0 Å². The third-order valence-electron chi connectivity index (χ3n) is 2.58. The van der Waals surface area contributed by atoms with Crippen LogP contribution in [-0.2, 0) is 4.74 Å². The number of nitrogens with zero attached hydrogens (tertiary/aromatic N) is 1. The molecule has 12 heavy (non-hydrogen) atoms. The lowest BCUT2D eigenvalue weighted by molar-refractivity contribution is -0.0331. The van der Waals surface area contributed by atoms with E-state index < -0.39 is 5.60 Å². The van der Waals surface area contributed by atoms with Crippen LogP contribution in [0.3, 0.4) is 0 Å². The van der Waals surface area contributed by atoms with Gasteiger partial charge in [-0.1, -0.05) is 13.3 Å². The summed E-state index contributed by atoms with van der Waals surface area (Å²) in [4.78, 5) is 0. The molecule has 2 unspecified atom stereocenters. The van der Waals surface area contributed by atoms with Crippen LogP contribution in [-0.4, -0.2) is 12.2 Å². The van der Waals surface area contributed by atoms with Crippen molar-refractivity contribution >= 4 is 0 Å². The lowest BCUT2D eigenvalue weighted by Gasteiger charge is -2.33. The predicted molar refractivity (Wildman–Crippen MR) is 47.6 cm³/mol. The lowest BCUT2D eigenvalue weighted by Crippen LogP contribution is -2.36. The molecule has 0 heterocycles. The Hall–Kier alpha value is -0.550. The van der Waals surface area contributed by atoms with E-state index in [4.69, 9.17) is 10.00 Å². The molecule has 0 bridgehead atoms. The van der Waals surface area contributed by atoms with E-state index in [2.05, 4.69) is 13.0 Å². The molecule has 0 aromatic heterocycles. The molecule has 1 aliphatic carbocycles. The Morgan fingerprint density at radius 3 is 2.92 bits per heavy atom. The molecule has 68 valence electrons. The van der Waals surface area contributed by atoms with Crippen LogP contribution in [0, 0.1) is 17.2 Å². The number of nitriles is 1. The number of rotatable bonds is 2. The smallest absolute Gasteiger partial charge is 0.154 e. The van der Waals surface area contributed by atoms with Crippen molar-refractivity contribution in [3.8, 4) is 6.07 Å². The van der Waals surface area contributed by atoms with Crippen molar-refractivity contribution in [3.63, 3.8) is 0 Å². The van der Waals surface area contributed by atoms with Crippen molar-refractivity contribution in [2.45, 2.75) is 45.1 Å². The van der Waals surface area contributed by atoms with Crippen LogP contribution in [0.1, 0.15) is 39.5 Å². The molecular formula is C10H17NO. The van der Waals surface area contributed by atoms with Crippen LogP contribution in [0.4, 0.5) is 0 Å². The highest BCUT2D eigenvalue weighted by molar-refractivity contribution is 5.04. The minimum atomic E-state index is -0.452. The molecule has 0 saturated heterocycles. The van der Waals surface area contributed by atoms with Gasteiger partial charge in [0.2, 0.25) is 0 Å². The summed E-state index contributed by atoms with van der Waals surface area (Å²) in [6.45, 7) is 4.81. The van der Waals surface area contributed by atoms with Gasteiger partial charge in [0.1, 0.15) is 0 Å². The fourth-order valence-electron chi connectivity index (χ4n) is 2.04. The molecule has 0 amide bonds. The molecule has 1 rings (SSSR count). The molecule has 0 spiro atoms. The average Bonchev–Trinajstić information content (AvgIpc) is 2.05. The maximum Gasteiger partial charge on any atom is 0.154 e. The summed E-state index contributed by atoms with van der Waals surface area (Å²) in [6.07, 6.45) is 4.21. The van der Waals surface area contributed by atoms with Gasteiger partial charge in [0.25, 0.3) is 0 Å². The number of hydrogen-bond acceptors (Lipinski definition) is 2. The summed E-state index contributed by atoms with van der Waals surface area (Å²) in [5.41, 5.74) is -0.452. The summed E-state index contributed by atoms with van der Waals surface area (Å²) < 4.78 is 5.53. The molecule has 1 aliphatic rings. The van der Waals surface area contributed by atoms with E-state index in [1.807, 2.05) is 6.92 Å². The van der Waals surface area contributed by atoms with Crippen LogP contribution < -0.4 is 0 Å². The van der Waals surface area contributed by atoms with Crippen molar-refractivity contribution < 1.29 is 4.74 Å². The molecule has 0 aromatic carbocycles. The topological polar surface area (TPSA) is 33.0 Å². The Morgan fingerprint density at radius 1 is 1.67 bits per heavy atom. The third-order valence-corrected chi connectivity index (χ3v) is 2.58. The first-order chi connectivity index (χ1) is 5.72. The van der Waals surface area contributed by atoms with Crippen molar-refractivity contribution in [2.75, 3.05) is 6.61 Å². The molecule has 0 aliphatic heterocycles. The zero-order valence-electron chi connectivity index (χ0n) is 7.97. The van der Waals surface area contributed by atoms with E-state index in [0.717, 1.165) is 19.3 Å². The summed E-state index contributed by atoms with van der Waals surface area (Å²) >= 11 is 0. The first-order valence-corrected chi connectivity index (χ1v) is 4.77. The maximum absolute atomic E-state index is 9.02. The average molecular weight is 167 g/mol. The van der Waals surface area contributed by atoms with Crippen molar-refractivity contribution in [1.82, 2.24) is 0 Å². The Bertz CT molecular complexity index is 181. The van der Waals surface area contributed by atoms with Gasteiger partial charge in [-0.15, -0.1) is 0 Å². The highest BCUT2D eigenvalue weighted by Crippen LogP contribution is 2.34. The van der Waals surface area contributed by atoms with E-state index in [-0.39, 0.29) is 0 Å². The standard InChI is InChI=1S/C10H17NO/c1-3-12-10(8-11)6-4-5-9(2)7-10/h9H,3-7H2,1-2H3. The summed E-state index contributed by atoms with van der Waals surface area (Å²) in [5, 5.41) is 9.02.